The van der Waals surface area contributed by atoms with Crippen molar-refractivity contribution < 1.29 is 19.4 Å². The van der Waals surface area contributed by atoms with Crippen molar-refractivity contribution in [2.75, 3.05) is 31.9 Å². The fraction of sp³-hybridized carbons (Fsp3) is 0.833. The van der Waals surface area contributed by atoms with E-state index in [1.807, 2.05) is 13.8 Å². The van der Waals surface area contributed by atoms with E-state index in [2.05, 4.69) is 5.32 Å². The topological polar surface area (TPSA) is 78.9 Å². The van der Waals surface area contributed by atoms with Crippen LogP contribution in [0.4, 0.5) is 4.79 Å². The SMILES string of the molecule is COCCC(C)(C)CNC(=O)N1CSCC1C(=O)O. The maximum atomic E-state index is 12.0. The van der Waals surface area contributed by atoms with E-state index in [9.17, 15) is 9.59 Å². The lowest BCUT2D eigenvalue weighted by atomic mass is 9.90. The first kappa shape index (κ1) is 16.1. The van der Waals surface area contributed by atoms with Crippen LogP contribution in [0.5, 0.6) is 0 Å². The summed E-state index contributed by atoms with van der Waals surface area (Å²) in [7, 11) is 1.65. The number of carboxylic acids is 1. The van der Waals surface area contributed by atoms with Crippen molar-refractivity contribution in [3.05, 3.63) is 0 Å². The number of thioether (sulfide) groups is 1. The van der Waals surface area contributed by atoms with Gasteiger partial charge in [0.2, 0.25) is 0 Å². The van der Waals surface area contributed by atoms with E-state index in [0.717, 1.165) is 6.42 Å². The first-order valence-electron chi connectivity index (χ1n) is 6.21. The second-order valence-electron chi connectivity index (χ2n) is 5.39. The highest BCUT2D eigenvalue weighted by atomic mass is 32.2. The van der Waals surface area contributed by atoms with Gasteiger partial charge in [-0.2, -0.15) is 0 Å². The summed E-state index contributed by atoms with van der Waals surface area (Å²) in [5.74, 6) is -0.0595. The van der Waals surface area contributed by atoms with Gasteiger partial charge in [-0.1, -0.05) is 13.8 Å². The van der Waals surface area contributed by atoms with E-state index < -0.39 is 12.0 Å². The highest BCUT2D eigenvalue weighted by Gasteiger charge is 2.35. The molecule has 1 unspecified atom stereocenters. The molecule has 1 heterocycles. The van der Waals surface area contributed by atoms with Crippen molar-refractivity contribution >= 4 is 23.8 Å². The van der Waals surface area contributed by atoms with Crippen molar-refractivity contribution in [1.82, 2.24) is 10.2 Å². The summed E-state index contributed by atoms with van der Waals surface area (Å²) in [5.41, 5.74) is -0.0722. The minimum atomic E-state index is -0.946. The average Bonchev–Trinajstić information content (AvgIpc) is 2.83. The first-order valence-corrected chi connectivity index (χ1v) is 7.37. The molecular formula is C12H22N2O4S. The Kier molecular flexibility index (Phi) is 5.93. The number of aliphatic carboxylic acids is 1. The van der Waals surface area contributed by atoms with Crippen LogP contribution in [0, 0.1) is 5.41 Å². The molecule has 1 atom stereocenters. The number of hydrogen-bond donors (Lipinski definition) is 2. The molecule has 2 amide bonds. The van der Waals surface area contributed by atoms with Crippen LogP contribution in [0.1, 0.15) is 20.3 Å². The molecule has 7 heteroatoms. The monoisotopic (exact) mass is 290 g/mol. The highest BCUT2D eigenvalue weighted by Crippen LogP contribution is 2.22. The Bertz CT molecular complexity index is 336. The molecule has 0 aliphatic carbocycles. The second-order valence-corrected chi connectivity index (χ2v) is 6.39. The Hall–Kier alpha value is -0.950. The van der Waals surface area contributed by atoms with Gasteiger partial charge in [0.05, 0.1) is 5.88 Å². The molecule has 0 saturated carbocycles. The molecule has 1 aliphatic heterocycles. The van der Waals surface area contributed by atoms with Crippen molar-refractivity contribution in [3.63, 3.8) is 0 Å². The predicted molar refractivity (Wildman–Crippen MR) is 74.3 cm³/mol. The lowest BCUT2D eigenvalue weighted by Gasteiger charge is -2.27. The number of hydrogen-bond acceptors (Lipinski definition) is 4. The molecule has 0 aromatic rings. The van der Waals surface area contributed by atoms with Crippen LogP contribution in [-0.4, -0.2) is 59.9 Å². The summed E-state index contributed by atoms with van der Waals surface area (Å²) in [6.45, 7) is 5.22. The summed E-state index contributed by atoms with van der Waals surface area (Å²) in [4.78, 5) is 24.4. The molecule has 0 radical (unpaired) electrons. The summed E-state index contributed by atoms with van der Waals surface area (Å²) in [6, 6.07) is -1.02. The molecule has 0 aromatic carbocycles. The number of ether oxygens (including phenoxy) is 1. The molecule has 0 spiro atoms. The van der Waals surface area contributed by atoms with Crippen molar-refractivity contribution in [2.24, 2.45) is 5.41 Å². The van der Waals surface area contributed by atoms with E-state index >= 15 is 0 Å². The Morgan fingerprint density at radius 3 is 2.79 bits per heavy atom. The van der Waals surface area contributed by atoms with Crippen LogP contribution in [-0.2, 0) is 9.53 Å². The fourth-order valence-electron chi connectivity index (χ4n) is 1.73. The molecule has 1 saturated heterocycles. The Morgan fingerprint density at radius 1 is 1.53 bits per heavy atom. The first-order chi connectivity index (χ1) is 8.87. The number of rotatable bonds is 6. The molecule has 1 rings (SSSR count). The predicted octanol–water partition coefficient (Wildman–Crippen LogP) is 1.22. The third-order valence-corrected chi connectivity index (χ3v) is 4.14. The van der Waals surface area contributed by atoms with Gasteiger partial charge in [0.1, 0.15) is 6.04 Å². The summed E-state index contributed by atoms with van der Waals surface area (Å²) in [5, 5.41) is 11.8. The van der Waals surface area contributed by atoms with Crippen LogP contribution < -0.4 is 5.32 Å². The minimum Gasteiger partial charge on any atom is -0.480 e. The highest BCUT2D eigenvalue weighted by molar-refractivity contribution is 7.99. The molecule has 6 nitrogen and oxygen atoms in total. The van der Waals surface area contributed by atoms with Gasteiger partial charge >= 0.3 is 12.0 Å². The van der Waals surface area contributed by atoms with Gasteiger partial charge < -0.3 is 20.1 Å². The number of carboxylic acid groups (broad SMARTS) is 1. The van der Waals surface area contributed by atoms with Crippen molar-refractivity contribution in [3.8, 4) is 0 Å². The van der Waals surface area contributed by atoms with Crippen molar-refractivity contribution in [1.29, 1.82) is 0 Å². The van der Waals surface area contributed by atoms with E-state index in [-0.39, 0.29) is 11.4 Å². The third kappa shape index (κ3) is 4.91. The fourth-order valence-corrected chi connectivity index (χ4v) is 2.88. The second kappa shape index (κ2) is 7.00. The van der Waals surface area contributed by atoms with Crippen LogP contribution in [0.25, 0.3) is 0 Å². The number of nitrogens with zero attached hydrogens (tertiary/aromatic N) is 1. The molecule has 1 aliphatic rings. The average molecular weight is 290 g/mol. The smallest absolute Gasteiger partial charge is 0.327 e. The molecule has 0 aromatic heterocycles. The van der Waals surface area contributed by atoms with E-state index in [0.29, 0.717) is 24.8 Å². The largest absolute Gasteiger partial charge is 0.480 e. The third-order valence-electron chi connectivity index (χ3n) is 3.13. The molecule has 2 N–H and O–H groups in total. The maximum absolute atomic E-state index is 12.0. The van der Waals surface area contributed by atoms with E-state index in [1.54, 1.807) is 7.11 Å². The Labute approximate surface area is 117 Å². The zero-order valence-electron chi connectivity index (χ0n) is 11.6. The van der Waals surface area contributed by atoms with Gasteiger partial charge in [0, 0.05) is 26.0 Å². The van der Waals surface area contributed by atoms with Crippen LogP contribution in [0.15, 0.2) is 0 Å². The van der Waals surface area contributed by atoms with Gasteiger partial charge in [-0.25, -0.2) is 9.59 Å². The van der Waals surface area contributed by atoms with Crippen LogP contribution >= 0.6 is 11.8 Å². The quantitative estimate of drug-likeness (QED) is 0.769. The number of urea groups is 1. The lowest BCUT2D eigenvalue weighted by molar-refractivity contribution is -0.140. The van der Waals surface area contributed by atoms with Crippen LogP contribution in [0.3, 0.4) is 0 Å². The number of amides is 2. The Morgan fingerprint density at radius 2 is 2.21 bits per heavy atom. The maximum Gasteiger partial charge on any atom is 0.327 e. The molecule has 19 heavy (non-hydrogen) atoms. The summed E-state index contributed by atoms with van der Waals surface area (Å²) >= 11 is 1.46. The zero-order chi connectivity index (χ0) is 14.5. The number of nitrogens with one attached hydrogen (secondary N) is 1. The molecule has 110 valence electrons. The van der Waals surface area contributed by atoms with Crippen LogP contribution in [0.2, 0.25) is 0 Å². The molecule has 1 fully saturated rings. The van der Waals surface area contributed by atoms with Gasteiger partial charge in [-0.05, 0) is 11.8 Å². The van der Waals surface area contributed by atoms with E-state index in [1.165, 1.54) is 16.7 Å². The van der Waals surface area contributed by atoms with Crippen molar-refractivity contribution in [2.45, 2.75) is 26.3 Å². The normalized spacial score (nSPS) is 19.5. The zero-order valence-corrected chi connectivity index (χ0v) is 12.5. The van der Waals surface area contributed by atoms with Gasteiger partial charge in [-0.15, -0.1) is 11.8 Å². The molecular weight excluding hydrogens is 268 g/mol. The summed E-state index contributed by atoms with van der Waals surface area (Å²) in [6.07, 6.45) is 0.834. The minimum absolute atomic E-state index is 0.0722. The molecule has 0 bridgehead atoms. The standard InChI is InChI=1S/C12H22N2O4S/c1-12(2,4-5-18-3)7-13-11(17)14-8-19-6-9(14)10(15)16/h9H,4-8H2,1-3H3,(H,13,17)(H,15,16). The van der Waals surface area contributed by atoms with Gasteiger partial charge in [0.15, 0.2) is 0 Å². The van der Waals surface area contributed by atoms with Gasteiger partial charge in [0.25, 0.3) is 0 Å². The number of methoxy groups -OCH3 is 1. The number of carbonyl (C=O) groups is 2. The van der Waals surface area contributed by atoms with E-state index in [4.69, 9.17) is 9.84 Å². The Balaban J connectivity index is 2.44. The van der Waals surface area contributed by atoms with Gasteiger partial charge in [-0.3, -0.25) is 0 Å². The number of carbonyl (C=O) groups excluding carboxylic acids is 1. The summed E-state index contributed by atoms with van der Waals surface area (Å²) < 4.78 is 5.03. The lowest BCUT2D eigenvalue weighted by Crippen LogP contribution is -2.48.